The summed E-state index contributed by atoms with van der Waals surface area (Å²) in [7, 11) is 0. The lowest BCUT2D eigenvalue weighted by molar-refractivity contribution is 0.0946. The average molecular weight is 262 g/mol. The molecule has 0 spiro atoms. The third-order valence-electron chi connectivity index (χ3n) is 3.96. The minimum atomic E-state index is -0.326. The topological polar surface area (TPSA) is 41.1 Å². The zero-order valence-corrected chi connectivity index (χ0v) is 10.9. The first-order chi connectivity index (χ1) is 9.25. The van der Waals surface area contributed by atoms with E-state index in [0.29, 0.717) is 5.56 Å². The zero-order chi connectivity index (χ0) is 13.2. The number of hydrogen-bond donors (Lipinski definition) is 2. The number of hydrogen-bond acceptors (Lipinski definition) is 2. The molecule has 1 saturated heterocycles. The predicted octanol–water partition coefficient (Wildman–Crippen LogP) is 2.18. The molecule has 102 valence electrons. The van der Waals surface area contributed by atoms with Crippen molar-refractivity contribution in [3.8, 4) is 0 Å². The Kier molecular flexibility index (Phi) is 3.51. The maximum atomic E-state index is 14.5. The first-order valence-corrected chi connectivity index (χ1v) is 7.05. The SMILES string of the molecule is O=C(NC1CC1)c1cccc(C2CCNCC2)c1F. The van der Waals surface area contributed by atoms with E-state index in [9.17, 15) is 9.18 Å². The highest BCUT2D eigenvalue weighted by Crippen LogP contribution is 2.29. The van der Waals surface area contributed by atoms with Crippen LogP contribution in [0.2, 0.25) is 0 Å². The molecule has 1 amide bonds. The summed E-state index contributed by atoms with van der Waals surface area (Å²) in [6.45, 7) is 1.84. The molecule has 0 unspecified atom stereocenters. The van der Waals surface area contributed by atoms with Crippen molar-refractivity contribution in [1.29, 1.82) is 0 Å². The molecule has 1 aromatic rings. The van der Waals surface area contributed by atoms with Crippen molar-refractivity contribution in [2.75, 3.05) is 13.1 Å². The molecule has 0 bridgehead atoms. The van der Waals surface area contributed by atoms with Gasteiger partial charge in [-0.15, -0.1) is 0 Å². The van der Waals surface area contributed by atoms with Gasteiger partial charge in [0.1, 0.15) is 5.82 Å². The van der Waals surface area contributed by atoms with Crippen molar-refractivity contribution in [2.24, 2.45) is 0 Å². The van der Waals surface area contributed by atoms with Crippen LogP contribution in [0.15, 0.2) is 18.2 Å². The molecule has 1 aromatic carbocycles. The minimum Gasteiger partial charge on any atom is -0.349 e. The van der Waals surface area contributed by atoms with Crippen LogP contribution in [-0.2, 0) is 0 Å². The fraction of sp³-hybridized carbons (Fsp3) is 0.533. The van der Waals surface area contributed by atoms with Crippen molar-refractivity contribution in [2.45, 2.75) is 37.6 Å². The molecule has 2 aliphatic rings. The molecule has 2 N–H and O–H groups in total. The van der Waals surface area contributed by atoms with Crippen molar-refractivity contribution in [3.05, 3.63) is 35.1 Å². The highest BCUT2D eigenvalue weighted by atomic mass is 19.1. The van der Waals surface area contributed by atoms with E-state index in [1.165, 1.54) is 0 Å². The first-order valence-electron chi connectivity index (χ1n) is 7.05. The van der Waals surface area contributed by atoms with E-state index in [4.69, 9.17) is 0 Å². The Morgan fingerprint density at radius 1 is 1.21 bits per heavy atom. The summed E-state index contributed by atoms with van der Waals surface area (Å²) in [4.78, 5) is 12.0. The summed E-state index contributed by atoms with van der Waals surface area (Å²) in [6, 6.07) is 5.45. The standard InChI is InChI=1S/C15H19FN2O/c16-14-12(10-6-8-17-9-7-10)2-1-3-13(14)15(19)18-11-4-5-11/h1-3,10-11,17H,4-9H2,(H,18,19). The molecule has 4 heteroatoms. The van der Waals surface area contributed by atoms with E-state index in [0.717, 1.165) is 38.8 Å². The monoisotopic (exact) mass is 262 g/mol. The fourth-order valence-corrected chi connectivity index (χ4v) is 2.66. The molecule has 0 radical (unpaired) electrons. The van der Waals surface area contributed by atoms with Gasteiger partial charge in [-0.2, -0.15) is 0 Å². The van der Waals surface area contributed by atoms with Crippen molar-refractivity contribution < 1.29 is 9.18 Å². The van der Waals surface area contributed by atoms with Gasteiger partial charge in [0.15, 0.2) is 0 Å². The molecule has 1 heterocycles. The Labute approximate surface area is 112 Å². The van der Waals surface area contributed by atoms with Crippen LogP contribution in [0.25, 0.3) is 0 Å². The molecule has 3 rings (SSSR count). The predicted molar refractivity (Wildman–Crippen MR) is 71.7 cm³/mol. The summed E-state index contributed by atoms with van der Waals surface area (Å²) in [5.41, 5.74) is 0.896. The number of halogens is 1. The largest absolute Gasteiger partial charge is 0.349 e. The number of rotatable bonds is 3. The van der Waals surface area contributed by atoms with Gasteiger partial charge in [0, 0.05) is 6.04 Å². The zero-order valence-electron chi connectivity index (χ0n) is 10.9. The van der Waals surface area contributed by atoms with E-state index in [-0.39, 0.29) is 29.2 Å². The summed E-state index contributed by atoms with van der Waals surface area (Å²) in [6.07, 6.45) is 3.90. The van der Waals surface area contributed by atoms with Crippen LogP contribution in [0, 0.1) is 5.82 Å². The lowest BCUT2D eigenvalue weighted by Crippen LogP contribution is -2.29. The van der Waals surface area contributed by atoms with Gasteiger partial charge in [-0.05, 0) is 56.3 Å². The van der Waals surface area contributed by atoms with Crippen LogP contribution in [0.3, 0.4) is 0 Å². The fourth-order valence-electron chi connectivity index (χ4n) is 2.66. The van der Waals surface area contributed by atoms with Crippen LogP contribution in [-0.4, -0.2) is 25.0 Å². The number of carbonyl (C=O) groups is 1. The highest BCUT2D eigenvalue weighted by molar-refractivity contribution is 5.95. The van der Waals surface area contributed by atoms with Gasteiger partial charge in [-0.1, -0.05) is 12.1 Å². The highest BCUT2D eigenvalue weighted by Gasteiger charge is 2.27. The summed E-state index contributed by atoms with van der Waals surface area (Å²) < 4.78 is 14.5. The Morgan fingerprint density at radius 2 is 1.95 bits per heavy atom. The van der Waals surface area contributed by atoms with Crippen LogP contribution < -0.4 is 10.6 Å². The third kappa shape index (κ3) is 2.78. The number of benzene rings is 1. The van der Waals surface area contributed by atoms with Gasteiger partial charge in [-0.3, -0.25) is 4.79 Å². The maximum absolute atomic E-state index is 14.5. The number of nitrogens with one attached hydrogen (secondary N) is 2. The van der Waals surface area contributed by atoms with E-state index >= 15 is 0 Å². The van der Waals surface area contributed by atoms with Crippen molar-refractivity contribution in [3.63, 3.8) is 0 Å². The quantitative estimate of drug-likeness (QED) is 0.876. The molecule has 0 atom stereocenters. The molecule has 2 fully saturated rings. The molecule has 0 aromatic heterocycles. The summed E-state index contributed by atoms with van der Waals surface area (Å²) in [5, 5.41) is 6.12. The van der Waals surface area contributed by atoms with Gasteiger partial charge in [-0.25, -0.2) is 4.39 Å². The third-order valence-corrected chi connectivity index (χ3v) is 3.96. The Balaban J connectivity index is 1.82. The smallest absolute Gasteiger partial charge is 0.254 e. The van der Waals surface area contributed by atoms with Gasteiger partial charge in [0.05, 0.1) is 5.56 Å². The van der Waals surface area contributed by atoms with Gasteiger partial charge < -0.3 is 10.6 Å². The number of piperidine rings is 1. The van der Waals surface area contributed by atoms with E-state index in [2.05, 4.69) is 10.6 Å². The molecule has 1 aliphatic carbocycles. The lowest BCUT2D eigenvalue weighted by Gasteiger charge is -2.24. The maximum Gasteiger partial charge on any atom is 0.254 e. The Bertz CT molecular complexity index is 479. The molecule has 1 aliphatic heterocycles. The minimum absolute atomic E-state index is 0.197. The van der Waals surface area contributed by atoms with E-state index in [1.807, 2.05) is 6.07 Å². The second kappa shape index (κ2) is 5.29. The van der Waals surface area contributed by atoms with Crippen LogP contribution in [0.4, 0.5) is 4.39 Å². The van der Waals surface area contributed by atoms with Crippen LogP contribution >= 0.6 is 0 Å². The van der Waals surface area contributed by atoms with Crippen LogP contribution in [0.5, 0.6) is 0 Å². The molecular weight excluding hydrogens is 243 g/mol. The van der Waals surface area contributed by atoms with E-state index < -0.39 is 0 Å². The molecule has 19 heavy (non-hydrogen) atoms. The van der Waals surface area contributed by atoms with E-state index in [1.54, 1.807) is 12.1 Å². The second-order valence-corrected chi connectivity index (χ2v) is 5.48. The van der Waals surface area contributed by atoms with Gasteiger partial charge in [0.25, 0.3) is 5.91 Å². The second-order valence-electron chi connectivity index (χ2n) is 5.48. The number of amides is 1. The normalized spacial score (nSPS) is 20.3. The molecule has 1 saturated carbocycles. The molecule has 3 nitrogen and oxygen atoms in total. The summed E-state index contributed by atoms with van der Waals surface area (Å²) in [5.74, 6) is -0.363. The number of carbonyl (C=O) groups excluding carboxylic acids is 1. The van der Waals surface area contributed by atoms with Gasteiger partial charge in [0.2, 0.25) is 0 Å². The Morgan fingerprint density at radius 3 is 2.63 bits per heavy atom. The van der Waals surface area contributed by atoms with Crippen molar-refractivity contribution >= 4 is 5.91 Å². The Hall–Kier alpha value is -1.42. The van der Waals surface area contributed by atoms with Gasteiger partial charge >= 0.3 is 0 Å². The molecular formula is C15H19FN2O. The van der Waals surface area contributed by atoms with Crippen molar-refractivity contribution in [1.82, 2.24) is 10.6 Å². The van der Waals surface area contributed by atoms with Crippen LogP contribution in [0.1, 0.15) is 47.5 Å². The first kappa shape index (κ1) is 12.6. The average Bonchev–Trinajstić information content (AvgIpc) is 3.24. The lowest BCUT2D eigenvalue weighted by atomic mass is 9.88. The summed E-state index contributed by atoms with van der Waals surface area (Å²) >= 11 is 0.